The van der Waals surface area contributed by atoms with Gasteiger partial charge in [-0.3, -0.25) is 0 Å². The summed E-state index contributed by atoms with van der Waals surface area (Å²) in [7, 11) is 4.28. The summed E-state index contributed by atoms with van der Waals surface area (Å²) in [5.74, 6) is 0.854. The summed E-state index contributed by atoms with van der Waals surface area (Å²) in [4.78, 5) is 0. The van der Waals surface area contributed by atoms with E-state index in [9.17, 15) is 40.9 Å². The quantitative estimate of drug-likeness (QED) is 0.127. The Bertz CT molecular complexity index is 1430. The van der Waals surface area contributed by atoms with Crippen LogP contribution in [0.3, 0.4) is 0 Å². The maximum Gasteiger partial charge on any atom is 0.229 e. The van der Waals surface area contributed by atoms with Crippen molar-refractivity contribution in [1.82, 2.24) is 0 Å². The Kier molecular flexibility index (Phi) is 11.2. The zero-order chi connectivity index (χ0) is 35.9. The maximum atomic E-state index is 10.5. The molecule has 4 unspecified atom stereocenters. The Morgan fingerprint density at radius 3 is 1.50 bits per heavy atom. The lowest BCUT2D eigenvalue weighted by molar-refractivity contribution is -0.277. The van der Waals surface area contributed by atoms with Crippen LogP contribution in [0, 0.1) is 11.8 Å². The van der Waals surface area contributed by atoms with Crippen molar-refractivity contribution in [1.29, 1.82) is 0 Å². The van der Waals surface area contributed by atoms with Crippen LogP contribution in [0.1, 0.15) is 23.3 Å². The van der Waals surface area contributed by atoms with E-state index in [4.69, 9.17) is 42.6 Å². The molecule has 2 aromatic rings. The zero-order valence-electron chi connectivity index (χ0n) is 27.6. The van der Waals surface area contributed by atoms with Crippen LogP contribution >= 0.6 is 0 Å². The van der Waals surface area contributed by atoms with Crippen molar-refractivity contribution in [2.24, 2.45) is 11.8 Å². The Balaban J connectivity index is 1.18. The third-order valence-corrected chi connectivity index (χ3v) is 9.77. The van der Waals surface area contributed by atoms with Gasteiger partial charge in [0.05, 0.1) is 60.0 Å². The molecule has 2 aromatic carbocycles. The van der Waals surface area contributed by atoms with Crippen LogP contribution in [0.5, 0.6) is 28.7 Å². The third kappa shape index (κ3) is 6.69. The van der Waals surface area contributed by atoms with Crippen molar-refractivity contribution in [2.75, 3.05) is 47.8 Å². The van der Waals surface area contributed by atoms with E-state index in [1.165, 1.54) is 21.3 Å². The second-order valence-electron chi connectivity index (χ2n) is 12.6. The summed E-state index contributed by atoms with van der Waals surface area (Å²) in [6.45, 7) is -0.487. The number of hydrogen-bond donors (Lipinski definition) is 8. The highest BCUT2D eigenvalue weighted by molar-refractivity contribution is 5.55. The van der Waals surface area contributed by atoms with Gasteiger partial charge in [0.1, 0.15) is 48.8 Å². The highest BCUT2D eigenvalue weighted by Gasteiger charge is 2.50. The average Bonchev–Trinajstić information content (AvgIpc) is 3.75. The molecule has 8 N–H and O–H groups in total. The average molecular weight is 713 g/mol. The first kappa shape index (κ1) is 36.7. The Labute approximate surface area is 287 Å². The Morgan fingerprint density at radius 2 is 1.02 bits per heavy atom. The lowest BCUT2D eigenvalue weighted by Gasteiger charge is -2.39. The van der Waals surface area contributed by atoms with E-state index in [0.29, 0.717) is 24.5 Å². The Morgan fingerprint density at radius 1 is 0.560 bits per heavy atom. The standard InChI is InChI=1S/C33H44O17/c1-42-18-6-13(4-5-17(18)47-32-27(40)25(38)23(36)21(9-34)48-32)29-15-11-46-30(16(15)12-45-29)14-7-19(43-2)31(20(8-14)44-3)50-33-28(41)26(39)24(37)22(10-35)49-33/h4-8,15-16,21-30,32-41H,9-12H2,1-3H3/t15?,16?,21-,22-,23-,24-,25+,26+,27-,28-,29?,30?,32-,33+/m1/s1. The molecule has 17 nitrogen and oxygen atoms in total. The number of methoxy groups -OCH3 is 3. The third-order valence-electron chi connectivity index (χ3n) is 9.77. The van der Waals surface area contributed by atoms with Crippen LogP contribution in [0.2, 0.25) is 0 Å². The highest BCUT2D eigenvalue weighted by Crippen LogP contribution is 2.53. The number of aliphatic hydroxyl groups excluding tert-OH is 8. The number of aliphatic hydroxyl groups is 8. The van der Waals surface area contributed by atoms with Crippen LogP contribution in [-0.2, 0) is 18.9 Å². The molecule has 0 saturated carbocycles. The molecule has 4 heterocycles. The van der Waals surface area contributed by atoms with Crippen molar-refractivity contribution >= 4 is 0 Å². The van der Waals surface area contributed by atoms with Crippen molar-refractivity contribution < 1.29 is 83.5 Å². The molecule has 14 atom stereocenters. The van der Waals surface area contributed by atoms with Gasteiger partial charge in [-0.05, 0) is 35.4 Å². The molecule has 4 aliphatic rings. The van der Waals surface area contributed by atoms with Crippen molar-refractivity contribution in [3.63, 3.8) is 0 Å². The van der Waals surface area contributed by atoms with Crippen molar-refractivity contribution in [2.45, 2.75) is 73.6 Å². The van der Waals surface area contributed by atoms with E-state index in [2.05, 4.69) is 0 Å². The molecule has 4 fully saturated rings. The topological polar surface area (TPSA) is 245 Å². The highest BCUT2D eigenvalue weighted by atomic mass is 16.7. The fourth-order valence-corrected chi connectivity index (χ4v) is 6.94. The summed E-state index contributed by atoms with van der Waals surface area (Å²) in [5, 5.41) is 80.6. The summed E-state index contributed by atoms with van der Waals surface area (Å²) >= 11 is 0. The zero-order valence-corrected chi connectivity index (χ0v) is 27.6. The SMILES string of the molecule is COc1cc(C2OCC3C(c4cc(OC)c(O[C@@H]5O[C@H](CO)[C@@H](O)[C@H](O)[C@H]5O)c(OC)c4)OCC23)ccc1O[C@@H]1O[C@H](CO)[C@@H](O)[C@H](O)[C@H]1O. The number of benzene rings is 2. The minimum absolute atomic E-state index is 0.0658. The first-order chi connectivity index (χ1) is 24.0. The van der Waals surface area contributed by atoms with Crippen molar-refractivity contribution in [3.05, 3.63) is 41.5 Å². The van der Waals surface area contributed by atoms with Gasteiger partial charge in [-0.2, -0.15) is 0 Å². The van der Waals surface area contributed by atoms with E-state index in [1.54, 1.807) is 30.3 Å². The molecule has 0 radical (unpaired) electrons. The van der Waals surface area contributed by atoms with E-state index in [0.717, 1.165) is 5.56 Å². The van der Waals surface area contributed by atoms with E-state index in [1.807, 2.05) is 0 Å². The normalized spacial score (nSPS) is 38.4. The maximum absolute atomic E-state index is 10.5. The van der Waals surface area contributed by atoms with Gasteiger partial charge in [-0.15, -0.1) is 0 Å². The van der Waals surface area contributed by atoms with Gasteiger partial charge >= 0.3 is 0 Å². The fourth-order valence-electron chi connectivity index (χ4n) is 6.94. The first-order valence-electron chi connectivity index (χ1n) is 16.2. The summed E-state index contributed by atoms with van der Waals surface area (Å²) in [6.07, 6.45) is -15.5. The number of rotatable bonds is 11. The summed E-state index contributed by atoms with van der Waals surface area (Å²) in [5.41, 5.74) is 1.48. The van der Waals surface area contributed by atoms with Crippen LogP contribution in [0.4, 0.5) is 0 Å². The molecule has 50 heavy (non-hydrogen) atoms. The molecule has 4 saturated heterocycles. The predicted octanol–water partition coefficient (Wildman–Crippen LogP) is -1.85. The molecule has 4 aliphatic heterocycles. The minimum Gasteiger partial charge on any atom is -0.493 e. The lowest BCUT2D eigenvalue weighted by Crippen LogP contribution is -2.60. The Hall–Kier alpha value is -3.04. The first-order valence-corrected chi connectivity index (χ1v) is 16.2. The second-order valence-corrected chi connectivity index (χ2v) is 12.6. The van der Waals surface area contributed by atoms with Crippen LogP contribution in [0.25, 0.3) is 0 Å². The lowest BCUT2D eigenvalue weighted by atomic mass is 9.84. The molecule has 0 aliphatic carbocycles. The largest absolute Gasteiger partial charge is 0.493 e. The summed E-state index contributed by atoms with van der Waals surface area (Å²) in [6, 6.07) is 8.53. The predicted molar refractivity (Wildman–Crippen MR) is 166 cm³/mol. The number of ether oxygens (including phenoxy) is 9. The minimum atomic E-state index is -1.64. The van der Waals surface area contributed by atoms with Crippen LogP contribution < -0.4 is 23.7 Å². The molecule has 6 rings (SSSR count). The van der Waals surface area contributed by atoms with Gasteiger partial charge in [-0.1, -0.05) is 6.07 Å². The summed E-state index contributed by atoms with van der Waals surface area (Å²) < 4.78 is 52.1. The van der Waals surface area contributed by atoms with Gasteiger partial charge in [0.15, 0.2) is 23.0 Å². The molecule has 278 valence electrons. The number of hydrogen-bond acceptors (Lipinski definition) is 17. The van der Waals surface area contributed by atoms with Crippen molar-refractivity contribution in [3.8, 4) is 28.7 Å². The molecule has 0 spiro atoms. The number of fused-ring (bicyclic) bond motifs is 1. The van der Waals surface area contributed by atoms with Gasteiger partial charge in [0.25, 0.3) is 0 Å². The molecular formula is C33H44O17. The van der Waals surface area contributed by atoms with Gasteiger partial charge < -0.3 is 83.5 Å². The van der Waals surface area contributed by atoms with Crippen LogP contribution in [0.15, 0.2) is 30.3 Å². The van der Waals surface area contributed by atoms with E-state index >= 15 is 0 Å². The monoisotopic (exact) mass is 712 g/mol. The van der Waals surface area contributed by atoms with E-state index in [-0.39, 0.29) is 40.9 Å². The molecular weight excluding hydrogens is 668 g/mol. The molecule has 0 amide bonds. The second kappa shape index (κ2) is 15.3. The fraction of sp³-hybridized carbons (Fsp3) is 0.636. The van der Waals surface area contributed by atoms with Gasteiger partial charge in [0.2, 0.25) is 18.3 Å². The molecule has 0 bridgehead atoms. The van der Waals surface area contributed by atoms with Crippen LogP contribution in [-0.4, -0.2) is 150 Å². The van der Waals surface area contributed by atoms with Gasteiger partial charge in [0, 0.05) is 11.8 Å². The van der Waals surface area contributed by atoms with Gasteiger partial charge in [-0.25, -0.2) is 0 Å². The van der Waals surface area contributed by atoms with E-state index < -0.39 is 80.7 Å². The molecule has 17 heteroatoms. The smallest absolute Gasteiger partial charge is 0.229 e. The molecule has 0 aromatic heterocycles.